The van der Waals surface area contributed by atoms with Gasteiger partial charge in [-0.2, -0.15) is 0 Å². The Hall–Kier alpha value is -1.88. The summed E-state index contributed by atoms with van der Waals surface area (Å²) in [6, 6.07) is 8.61. The van der Waals surface area contributed by atoms with Crippen molar-refractivity contribution in [2.75, 3.05) is 26.2 Å². The molecule has 1 heterocycles. The van der Waals surface area contributed by atoms with Crippen LogP contribution in [0.3, 0.4) is 0 Å². The van der Waals surface area contributed by atoms with E-state index in [1.807, 2.05) is 13.8 Å². The number of fused-ring (bicyclic) bond motifs is 1. The number of carbonyl (C=O) groups excluding carboxylic acids is 2. The zero-order valence-electron chi connectivity index (χ0n) is 16.7. The van der Waals surface area contributed by atoms with E-state index in [9.17, 15) is 9.59 Å². The molecule has 0 saturated carbocycles. The van der Waals surface area contributed by atoms with E-state index in [0.717, 1.165) is 45.2 Å². The summed E-state index contributed by atoms with van der Waals surface area (Å²) in [6.07, 6.45) is 5.46. The number of carbonyl (C=O) groups is 2. The first-order valence-corrected chi connectivity index (χ1v) is 10.4. The zero-order valence-corrected chi connectivity index (χ0v) is 16.7. The molecule has 1 saturated heterocycles. The normalized spacial score (nSPS) is 22.9. The lowest BCUT2D eigenvalue weighted by molar-refractivity contribution is -0.125. The molecule has 2 unspecified atom stereocenters. The highest BCUT2D eigenvalue weighted by Crippen LogP contribution is 2.29. The minimum Gasteiger partial charge on any atom is -0.356 e. The number of benzene rings is 1. The number of nitrogens with one attached hydrogen (secondary N) is 2. The monoisotopic (exact) mass is 371 g/mol. The van der Waals surface area contributed by atoms with Gasteiger partial charge in [0, 0.05) is 19.0 Å². The third kappa shape index (κ3) is 5.55. The van der Waals surface area contributed by atoms with Crippen LogP contribution < -0.4 is 10.6 Å². The number of piperidine rings is 1. The lowest BCUT2D eigenvalue weighted by Gasteiger charge is -2.33. The van der Waals surface area contributed by atoms with Crippen molar-refractivity contribution in [3.8, 4) is 0 Å². The molecule has 1 aromatic rings. The Bertz CT molecular complexity index is 659. The van der Waals surface area contributed by atoms with Crippen molar-refractivity contribution in [1.82, 2.24) is 15.5 Å². The lowest BCUT2D eigenvalue weighted by Crippen LogP contribution is -2.46. The molecule has 2 atom stereocenters. The van der Waals surface area contributed by atoms with Crippen molar-refractivity contribution in [3.63, 3.8) is 0 Å². The van der Waals surface area contributed by atoms with Crippen molar-refractivity contribution >= 4 is 11.8 Å². The summed E-state index contributed by atoms with van der Waals surface area (Å²) in [7, 11) is 0. The number of hydrogen-bond acceptors (Lipinski definition) is 3. The second kappa shape index (κ2) is 9.36. The van der Waals surface area contributed by atoms with Crippen LogP contribution >= 0.6 is 0 Å². The van der Waals surface area contributed by atoms with Crippen LogP contribution in [-0.4, -0.2) is 42.9 Å². The Kier molecular flexibility index (Phi) is 6.89. The maximum atomic E-state index is 12.6. The second-order valence-corrected chi connectivity index (χ2v) is 8.35. The van der Waals surface area contributed by atoms with E-state index < -0.39 is 0 Å². The molecule has 1 fully saturated rings. The van der Waals surface area contributed by atoms with Gasteiger partial charge >= 0.3 is 0 Å². The molecule has 2 aliphatic rings. The fourth-order valence-electron chi connectivity index (χ4n) is 4.26. The van der Waals surface area contributed by atoms with Crippen molar-refractivity contribution in [2.45, 2.75) is 52.0 Å². The number of hydrogen-bond donors (Lipinski definition) is 2. The predicted octanol–water partition coefficient (Wildman–Crippen LogP) is 2.66. The fraction of sp³-hybridized carbons (Fsp3) is 0.636. The first-order chi connectivity index (χ1) is 13.0. The number of likely N-dealkylation sites (tertiary alicyclic amines) is 1. The minimum atomic E-state index is 0.0221. The zero-order chi connectivity index (χ0) is 19.2. The lowest BCUT2D eigenvalue weighted by atomic mass is 9.88. The molecule has 5 heteroatoms. The molecule has 0 spiro atoms. The van der Waals surface area contributed by atoms with Crippen LogP contribution in [-0.2, 0) is 16.0 Å². The van der Waals surface area contributed by atoms with Gasteiger partial charge in [-0.05, 0) is 55.7 Å². The first kappa shape index (κ1) is 19.9. The van der Waals surface area contributed by atoms with E-state index in [0.29, 0.717) is 19.0 Å². The van der Waals surface area contributed by atoms with Gasteiger partial charge in [0.2, 0.25) is 11.8 Å². The average molecular weight is 372 g/mol. The van der Waals surface area contributed by atoms with E-state index in [4.69, 9.17) is 0 Å². The maximum Gasteiger partial charge on any atom is 0.234 e. The van der Waals surface area contributed by atoms with E-state index >= 15 is 0 Å². The quantitative estimate of drug-likeness (QED) is 0.808. The Morgan fingerprint density at radius 1 is 1.19 bits per heavy atom. The maximum absolute atomic E-state index is 12.6. The summed E-state index contributed by atoms with van der Waals surface area (Å²) >= 11 is 0. The molecule has 0 bridgehead atoms. The Morgan fingerprint density at radius 2 is 2.00 bits per heavy atom. The molecular weight excluding hydrogens is 338 g/mol. The molecular formula is C22H33N3O2. The highest BCUT2D eigenvalue weighted by molar-refractivity contribution is 5.79. The molecule has 0 aromatic heterocycles. The van der Waals surface area contributed by atoms with Crippen LogP contribution in [0.1, 0.15) is 56.7 Å². The van der Waals surface area contributed by atoms with E-state index in [-0.39, 0.29) is 23.8 Å². The minimum absolute atomic E-state index is 0.0221. The molecule has 0 radical (unpaired) electrons. The third-order valence-corrected chi connectivity index (χ3v) is 5.76. The van der Waals surface area contributed by atoms with Crippen LogP contribution in [0.4, 0.5) is 0 Å². The Morgan fingerprint density at radius 3 is 2.81 bits per heavy atom. The Balaban J connectivity index is 1.47. The number of rotatable bonds is 6. The van der Waals surface area contributed by atoms with Crippen LogP contribution in [0.25, 0.3) is 0 Å². The van der Waals surface area contributed by atoms with E-state index in [2.05, 4.69) is 39.8 Å². The van der Waals surface area contributed by atoms with Crippen LogP contribution in [0.5, 0.6) is 0 Å². The largest absolute Gasteiger partial charge is 0.356 e. The van der Waals surface area contributed by atoms with Gasteiger partial charge in [-0.25, -0.2) is 0 Å². The standard InChI is InChI=1S/C22H33N3O2/c1-16(2)22(27)23-13-17-7-6-12-25(14-17)15-21(26)24-20-11-5-9-18-8-3-4-10-19(18)20/h3-4,8,10,16-17,20H,5-7,9,11-15H2,1-2H3,(H,23,27)(H,24,26). The smallest absolute Gasteiger partial charge is 0.234 e. The first-order valence-electron chi connectivity index (χ1n) is 10.4. The van der Waals surface area contributed by atoms with Gasteiger partial charge in [0.25, 0.3) is 0 Å². The molecule has 27 heavy (non-hydrogen) atoms. The predicted molar refractivity (Wildman–Crippen MR) is 107 cm³/mol. The molecule has 2 amide bonds. The second-order valence-electron chi connectivity index (χ2n) is 8.35. The van der Waals surface area contributed by atoms with Gasteiger partial charge in [-0.1, -0.05) is 38.1 Å². The molecule has 2 N–H and O–H groups in total. The van der Waals surface area contributed by atoms with Crippen LogP contribution in [0, 0.1) is 11.8 Å². The average Bonchev–Trinajstić information content (AvgIpc) is 2.66. The molecule has 1 aromatic carbocycles. The topological polar surface area (TPSA) is 61.4 Å². The van der Waals surface area contributed by atoms with Crippen molar-refractivity contribution < 1.29 is 9.59 Å². The van der Waals surface area contributed by atoms with Gasteiger partial charge in [0.05, 0.1) is 12.6 Å². The molecule has 1 aliphatic heterocycles. The summed E-state index contributed by atoms with van der Waals surface area (Å²) < 4.78 is 0. The summed E-state index contributed by atoms with van der Waals surface area (Å²) in [5.74, 6) is 0.683. The molecule has 3 rings (SSSR count). The fourth-order valence-corrected chi connectivity index (χ4v) is 4.26. The number of nitrogens with zero attached hydrogens (tertiary/aromatic N) is 1. The van der Waals surface area contributed by atoms with Gasteiger partial charge in [0.15, 0.2) is 0 Å². The Labute approximate surface area is 162 Å². The number of amides is 2. The SMILES string of the molecule is CC(C)C(=O)NCC1CCCN(CC(=O)NC2CCCc3ccccc32)C1. The van der Waals surface area contributed by atoms with E-state index in [1.54, 1.807) is 0 Å². The van der Waals surface area contributed by atoms with Crippen molar-refractivity contribution in [2.24, 2.45) is 11.8 Å². The summed E-state index contributed by atoms with van der Waals surface area (Å²) in [5.41, 5.74) is 2.65. The highest BCUT2D eigenvalue weighted by atomic mass is 16.2. The van der Waals surface area contributed by atoms with Crippen LogP contribution in [0.15, 0.2) is 24.3 Å². The van der Waals surface area contributed by atoms with Gasteiger partial charge in [0.1, 0.15) is 0 Å². The van der Waals surface area contributed by atoms with Gasteiger partial charge in [-0.15, -0.1) is 0 Å². The summed E-state index contributed by atoms with van der Waals surface area (Å²) in [6.45, 7) is 6.83. The molecule has 148 valence electrons. The van der Waals surface area contributed by atoms with Gasteiger partial charge in [-0.3, -0.25) is 14.5 Å². The van der Waals surface area contributed by atoms with Crippen LogP contribution in [0.2, 0.25) is 0 Å². The van der Waals surface area contributed by atoms with Crippen molar-refractivity contribution in [3.05, 3.63) is 35.4 Å². The van der Waals surface area contributed by atoms with Crippen molar-refractivity contribution in [1.29, 1.82) is 0 Å². The highest BCUT2D eigenvalue weighted by Gasteiger charge is 2.25. The third-order valence-electron chi connectivity index (χ3n) is 5.76. The van der Waals surface area contributed by atoms with Gasteiger partial charge < -0.3 is 10.6 Å². The summed E-state index contributed by atoms with van der Waals surface area (Å²) in [4.78, 5) is 26.6. The summed E-state index contributed by atoms with van der Waals surface area (Å²) in [5, 5.41) is 6.29. The molecule has 5 nitrogen and oxygen atoms in total. The van der Waals surface area contributed by atoms with E-state index in [1.165, 1.54) is 11.1 Å². The molecule has 1 aliphatic carbocycles. The number of aryl methyl sites for hydroxylation is 1.